The van der Waals surface area contributed by atoms with E-state index in [1.807, 2.05) is 48.5 Å². The van der Waals surface area contributed by atoms with Crippen molar-refractivity contribution in [2.24, 2.45) is 0 Å². The van der Waals surface area contributed by atoms with Gasteiger partial charge in [-0.1, -0.05) is 62.0 Å². The molecule has 104 valence electrons. The van der Waals surface area contributed by atoms with Gasteiger partial charge in [0.05, 0.1) is 5.41 Å². The van der Waals surface area contributed by atoms with Crippen LogP contribution in [0.25, 0.3) is 0 Å². The molecule has 1 N–H and O–H groups in total. The Morgan fingerprint density at radius 1 is 1.05 bits per heavy atom. The number of hydrogen-bond acceptors (Lipinski definition) is 2. The van der Waals surface area contributed by atoms with Gasteiger partial charge in [0.2, 0.25) is 0 Å². The molecule has 2 aromatic carbocycles. The quantitative estimate of drug-likeness (QED) is 0.928. The Bertz CT molecular complexity index is 604. The number of aryl methyl sites for hydroxylation is 1. The zero-order valence-corrected chi connectivity index (χ0v) is 10.7. The molecular weight excluding hydrogens is 248 g/mol. The Hall–Kier alpha value is -1.93. The van der Waals surface area contributed by atoms with Gasteiger partial charge in [0.15, 0.2) is 5.78 Å². The third-order valence-corrected chi connectivity index (χ3v) is 4.13. The van der Waals surface area contributed by atoms with Crippen molar-refractivity contribution in [3.8, 4) is 0 Å². The lowest BCUT2D eigenvalue weighted by Crippen LogP contribution is -2.37. The molecule has 20 heavy (non-hydrogen) atoms. The van der Waals surface area contributed by atoms with Crippen molar-refractivity contribution in [3.63, 3.8) is 0 Å². The van der Waals surface area contributed by atoms with Crippen LogP contribution in [0.15, 0.2) is 54.6 Å². The molecule has 0 fully saturated rings. The van der Waals surface area contributed by atoms with Crippen LogP contribution in [0, 0.1) is 0 Å². The van der Waals surface area contributed by atoms with E-state index >= 15 is 0 Å². The maximum atomic E-state index is 12.4. The molecule has 0 amide bonds. The Balaban J connectivity index is 0.00000147. The lowest BCUT2D eigenvalue weighted by Gasteiger charge is -2.29. The molecule has 0 spiro atoms. The molecule has 2 heteroatoms. The highest BCUT2D eigenvalue weighted by Crippen LogP contribution is 2.44. The molecule has 0 bridgehead atoms. The van der Waals surface area contributed by atoms with E-state index in [0.29, 0.717) is 0 Å². The topological polar surface area (TPSA) is 37.3 Å². The van der Waals surface area contributed by atoms with Crippen LogP contribution in [0.1, 0.15) is 30.5 Å². The number of carbonyl (C=O) groups is 1. The predicted octanol–water partition coefficient (Wildman–Crippen LogP) is 3.12. The molecule has 3 rings (SSSR count). The van der Waals surface area contributed by atoms with Crippen LogP contribution in [-0.2, 0) is 16.6 Å². The number of hydrogen-bond donors (Lipinski definition) is 1. The summed E-state index contributed by atoms with van der Waals surface area (Å²) in [7, 11) is 0. The zero-order valence-electron chi connectivity index (χ0n) is 10.7. The summed E-state index contributed by atoms with van der Waals surface area (Å²) in [6.45, 7) is -0.413. The summed E-state index contributed by atoms with van der Waals surface area (Å²) >= 11 is 0. The number of benzene rings is 2. The van der Waals surface area contributed by atoms with Crippen LogP contribution in [0.4, 0.5) is 0 Å². The van der Waals surface area contributed by atoms with Gasteiger partial charge in [0, 0.05) is 0 Å². The molecule has 0 heterocycles. The highest BCUT2D eigenvalue weighted by atomic mass is 16.3. The third-order valence-electron chi connectivity index (χ3n) is 4.13. The van der Waals surface area contributed by atoms with Gasteiger partial charge in [0.25, 0.3) is 0 Å². The van der Waals surface area contributed by atoms with E-state index in [2.05, 4.69) is 6.07 Å². The number of rotatable bonds is 3. The lowest BCUT2D eigenvalue weighted by molar-refractivity contribution is -0.126. The van der Waals surface area contributed by atoms with E-state index in [1.165, 1.54) is 5.56 Å². The molecule has 2 aromatic rings. The van der Waals surface area contributed by atoms with Crippen LogP contribution in [0.5, 0.6) is 0 Å². The molecule has 0 saturated heterocycles. The molecule has 0 radical (unpaired) electrons. The van der Waals surface area contributed by atoms with Crippen LogP contribution in [0.2, 0.25) is 0 Å². The van der Waals surface area contributed by atoms with E-state index in [0.717, 1.165) is 24.0 Å². The number of aliphatic hydroxyl groups is 1. The molecule has 1 aliphatic carbocycles. The van der Waals surface area contributed by atoms with Crippen LogP contribution in [-0.4, -0.2) is 17.5 Å². The first-order valence-corrected chi connectivity index (χ1v) is 6.57. The number of carbonyl (C=O) groups excluding carboxylic acids is 1. The largest absolute Gasteiger partial charge is 0.389 e. The molecule has 0 unspecified atom stereocenters. The lowest BCUT2D eigenvalue weighted by atomic mass is 9.72. The minimum atomic E-state index is -0.660. The standard InChI is InChI=1S/C17H16O2.CH4/c18-12-16(19)17(14-7-2-1-3-8-14)11-10-13-6-4-5-9-15(13)17;/h1-9,18H,10-12H2;1H4/t17-;/m0./s1. The highest BCUT2D eigenvalue weighted by Gasteiger charge is 2.45. The summed E-state index contributed by atoms with van der Waals surface area (Å²) in [5.41, 5.74) is 2.60. The molecular formula is C18H20O2. The molecule has 0 saturated carbocycles. The fourth-order valence-electron chi connectivity index (χ4n) is 3.22. The molecule has 0 aliphatic heterocycles. The van der Waals surface area contributed by atoms with Gasteiger partial charge in [-0.25, -0.2) is 0 Å². The van der Waals surface area contributed by atoms with Crippen LogP contribution < -0.4 is 0 Å². The highest BCUT2D eigenvalue weighted by molar-refractivity contribution is 5.95. The zero-order chi connectivity index (χ0) is 13.3. The Kier molecular flexibility index (Phi) is 4.05. The van der Waals surface area contributed by atoms with Crippen molar-refractivity contribution in [2.45, 2.75) is 25.7 Å². The third kappa shape index (κ3) is 1.97. The maximum Gasteiger partial charge on any atom is 0.173 e. The van der Waals surface area contributed by atoms with E-state index in [4.69, 9.17) is 0 Å². The number of aliphatic hydroxyl groups excluding tert-OH is 1. The number of ketones is 1. The second-order valence-electron chi connectivity index (χ2n) is 5.01. The number of Topliss-reactive ketones (excluding diaryl/α,β-unsaturated/α-hetero) is 1. The monoisotopic (exact) mass is 268 g/mol. The van der Waals surface area contributed by atoms with Crippen molar-refractivity contribution in [2.75, 3.05) is 6.61 Å². The summed E-state index contributed by atoms with van der Waals surface area (Å²) in [5.74, 6) is -0.108. The van der Waals surface area contributed by atoms with Gasteiger partial charge in [-0.3, -0.25) is 4.79 Å². The first kappa shape index (κ1) is 14.5. The van der Waals surface area contributed by atoms with E-state index in [-0.39, 0.29) is 13.2 Å². The molecule has 0 aromatic heterocycles. The minimum absolute atomic E-state index is 0. The van der Waals surface area contributed by atoms with Gasteiger partial charge in [-0.15, -0.1) is 0 Å². The van der Waals surface area contributed by atoms with Crippen molar-refractivity contribution in [3.05, 3.63) is 71.3 Å². The Morgan fingerprint density at radius 2 is 1.70 bits per heavy atom. The Labute approximate surface area is 120 Å². The summed E-state index contributed by atoms with van der Waals surface area (Å²) in [6, 6.07) is 17.9. The minimum Gasteiger partial charge on any atom is -0.389 e. The maximum absolute atomic E-state index is 12.4. The summed E-state index contributed by atoms with van der Waals surface area (Å²) < 4.78 is 0. The van der Waals surface area contributed by atoms with Gasteiger partial charge in [0.1, 0.15) is 6.61 Å². The second-order valence-corrected chi connectivity index (χ2v) is 5.01. The summed E-state index contributed by atoms with van der Waals surface area (Å²) in [6.07, 6.45) is 1.63. The van der Waals surface area contributed by atoms with E-state index in [9.17, 15) is 9.90 Å². The van der Waals surface area contributed by atoms with E-state index < -0.39 is 12.0 Å². The smallest absolute Gasteiger partial charge is 0.173 e. The number of fused-ring (bicyclic) bond motifs is 1. The Morgan fingerprint density at radius 3 is 2.40 bits per heavy atom. The SMILES string of the molecule is C.O=C(CO)[C@]1(c2ccccc2)CCc2ccccc21. The van der Waals surface area contributed by atoms with Gasteiger partial charge in [-0.05, 0) is 29.5 Å². The average Bonchev–Trinajstić information content (AvgIpc) is 2.88. The average molecular weight is 268 g/mol. The van der Waals surface area contributed by atoms with Crippen molar-refractivity contribution in [1.29, 1.82) is 0 Å². The second kappa shape index (κ2) is 5.59. The van der Waals surface area contributed by atoms with Gasteiger partial charge < -0.3 is 5.11 Å². The van der Waals surface area contributed by atoms with Gasteiger partial charge >= 0.3 is 0 Å². The van der Waals surface area contributed by atoms with Gasteiger partial charge in [-0.2, -0.15) is 0 Å². The first-order valence-electron chi connectivity index (χ1n) is 6.57. The van der Waals surface area contributed by atoms with Crippen molar-refractivity contribution in [1.82, 2.24) is 0 Å². The van der Waals surface area contributed by atoms with Crippen LogP contribution in [0.3, 0.4) is 0 Å². The predicted molar refractivity (Wildman–Crippen MR) is 80.8 cm³/mol. The molecule has 1 aliphatic rings. The van der Waals surface area contributed by atoms with Crippen molar-refractivity contribution >= 4 is 5.78 Å². The fraction of sp³-hybridized carbons (Fsp3) is 0.278. The normalized spacial score (nSPS) is 20.1. The fourth-order valence-corrected chi connectivity index (χ4v) is 3.22. The van der Waals surface area contributed by atoms with E-state index in [1.54, 1.807) is 0 Å². The molecule has 1 atom stereocenters. The first-order chi connectivity index (χ1) is 9.29. The summed E-state index contributed by atoms with van der Waals surface area (Å²) in [4.78, 5) is 12.4. The summed E-state index contributed by atoms with van der Waals surface area (Å²) in [5, 5.41) is 9.40. The van der Waals surface area contributed by atoms with Crippen molar-refractivity contribution < 1.29 is 9.90 Å². The van der Waals surface area contributed by atoms with Crippen LogP contribution >= 0.6 is 0 Å². The molecule has 2 nitrogen and oxygen atoms in total.